The van der Waals surface area contributed by atoms with Gasteiger partial charge in [-0.2, -0.15) is 0 Å². The van der Waals surface area contributed by atoms with E-state index in [0.717, 1.165) is 24.9 Å². The number of sulfonamides is 1. The van der Waals surface area contributed by atoms with Crippen LogP contribution >= 0.6 is 0 Å². The fourth-order valence-electron chi connectivity index (χ4n) is 1.10. The van der Waals surface area contributed by atoms with Crippen LogP contribution in [-0.4, -0.2) is 26.5 Å². The Balaban J connectivity index is 2.64. The summed E-state index contributed by atoms with van der Waals surface area (Å²) < 4.78 is 38.3. The Morgan fingerprint density at radius 1 is 1.38 bits per heavy atom. The average molecular weight is 247 g/mol. The van der Waals surface area contributed by atoms with Crippen LogP contribution in [0.15, 0.2) is 23.4 Å². The van der Waals surface area contributed by atoms with Gasteiger partial charge in [-0.1, -0.05) is 0 Å². The van der Waals surface area contributed by atoms with Crippen molar-refractivity contribution in [3.05, 3.63) is 24.3 Å². The molecule has 1 heterocycles. The maximum absolute atomic E-state index is 12.8. The number of aromatic nitrogens is 1. The van der Waals surface area contributed by atoms with Crippen molar-refractivity contribution in [1.29, 1.82) is 0 Å². The number of hydrogen-bond acceptors (Lipinski definition) is 4. The molecule has 1 rings (SSSR count). The summed E-state index contributed by atoms with van der Waals surface area (Å²) in [5.41, 5.74) is 5.27. The Morgan fingerprint density at radius 2 is 2.12 bits per heavy atom. The third-order valence-electron chi connectivity index (χ3n) is 1.91. The first-order valence-corrected chi connectivity index (χ1v) is 6.35. The summed E-state index contributed by atoms with van der Waals surface area (Å²) in [7, 11) is -3.66. The number of halogens is 1. The minimum absolute atomic E-state index is 0.166. The van der Waals surface area contributed by atoms with Crippen molar-refractivity contribution in [3.63, 3.8) is 0 Å². The van der Waals surface area contributed by atoms with Crippen LogP contribution in [0.4, 0.5) is 4.39 Å². The van der Waals surface area contributed by atoms with Crippen molar-refractivity contribution in [3.8, 4) is 0 Å². The summed E-state index contributed by atoms with van der Waals surface area (Å²) in [6.45, 7) is 0.805. The second-order valence-electron chi connectivity index (χ2n) is 3.23. The van der Waals surface area contributed by atoms with Gasteiger partial charge in [0.25, 0.3) is 0 Å². The van der Waals surface area contributed by atoms with Gasteiger partial charge in [-0.3, -0.25) is 4.98 Å². The molecular weight excluding hydrogens is 233 g/mol. The van der Waals surface area contributed by atoms with Crippen LogP contribution < -0.4 is 10.5 Å². The maximum atomic E-state index is 12.8. The van der Waals surface area contributed by atoms with E-state index in [4.69, 9.17) is 5.73 Å². The first kappa shape index (κ1) is 13.0. The first-order chi connectivity index (χ1) is 7.56. The predicted octanol–water partition coefficient (Wildman–Crippen LogP) is 0.238. The second kappa shape index (κ2) is 5.88. The Hall–Kier alpha value is -1.05. The number of hydrogen-bond donors (Lipinski definition) is 2. The van der Waals surface area contributed by atoms with E-state index in [9.17, 15) is 12.8 Å². The zero-order chi connectivity index (χ0) is 12.0. The van der Waals surface area contributed by atoms with E-state index in [2.05, 4.69) is 9.71 Å². The lowest BCUT2D eigenvalue weighted by Crippen LogP contribution is -2.25. The number of rotatable bonds is 6. The Morgan fingerprint density at radius 3 is 2.75 bits per heavy atom. The molecule has 0 aliphatic heterocycles. The van der Waals surface area contributed by atoms with E-state index in [1.54, 1.807) is 0 Å². The zero-order valence-corrected chi connectivity index (χ0v) is 9.50. The number of pyridine rings is 1. The molecule has 0 saturated heterocycles. The van der Waals surface area contributed by atoms with Crippen LogP contribution in [0.25, 0.3) is 0 Å². The molecule has 0 atom stereocenters. The fraction of sp³-hybridized carbons (Fsp3) is 0.444. The van der Waals surface area contributed by atoms with Gasteiger partial charge in [0.05, 0.1) is 6.20 Å². The molecule has 0 amide bonds. The maximum Gasteiger partial charge on any atom is 0.242 e. The second-order valence-corrected chi connectivity index (χ2v) is 5.00. The molecular formula is C9H14FN3O2S. The zero-order valence-electron chi connectivity index (χ0n) is 8.69. The molecule has 0 bridgehead atoms. The average Bonchev–Trinajstić information content (AvgIpc) is 2.24. The minimum Gasteiger partial charge on any atom is -0.330 e. The van der Waals surface area contributed by atoms with Crippen LogP contribution in [-0.2, 0) is 10.0 Å². The van der Waals surface area contributed by atoms with Crippen LogP contribution in [0.3, 0.4) is 0 Å². The standard InChI is InChI=1S/C9H14FN3O2S/c10-8-5-9(7-12-6-8)16(14,15)13-4-2-1-3-11/h5-7,13H,1-4,11H2. The molecule has 1 aromatic heterocycles. The van der Waals surface area contributed by atoms with Crippen LogP contribution in [0.2, 0.25) is 0 Å². The van der Waals surface area contributed by atoms with E-state index in [1.165, 1.54) is 0 Å². The summed E-state index contributed by atoms with van der Waals surface area (Å²) in [5.74, 6) is -0.676. The van der Waals surface area contributed by atoms with Crippen LogP contribution in [0.5, 0.6) is 0 Å². The molecule has 0 radical (unpaired) electrons. The molecule has 5 nitrogen and oxygen atoms in total. The van der Waals surface area contributed by atoms with Gasteiger partial charge in [0.2, 0.25) is 10.0 Å². The Bertz CT molecular complexity index is 436. The topological polar surface area (TPSA) is 85.1 Å². The van der Waals surface area contributed by atoms with Crippen LogP contribution in [0.1, 0.15) is 12.8 Å². The normalized spacial score (nSPS) is 11.6. The summed E-state index contributed by atoms with van der Waals surface area (Å²) in [5, 5.41) is 0. The van der Waals surface area contributed by atoms with Gasteiger partial charge >= 0.3 is 0 Å². The summed E-state index contributed by atoms with van der Waals surface area (Å²) >= 11 is 0. The largest absolute Gasteiger partial charge is 0.330 e. The van der Waals surface area contributed by atoms with Gasteiger partial charge in [-0.15, -0.1) is 0 Å². The van der Waals surface area contributed by atoms with E-state index in [0.29, 0.717) is 13.0 Å². The smallest absolute Gasteiger partial charge is 0.242 e. The molecule has 0 aromatic carbocycles. The fourth-order valence-corrected chi connectivity index (χ4v) is 2.15. The van der Waals surface area contributed by atoms with Gasteiger partial charge in [-0.05, 0) is 25.5 Å². The quantitative estimate of drug-likeness (QED) is 0.705. The van der Waals surface area contributed by atoms with Gasteiger partial charge in [0.15, 0.2) is 0 Å². The molecule has 90 valence electrons. The monoisotopic (exact) mass is 247 g/mol. The summed E-state index contributed by atoms with van der Waals surface area (Å²) in [6.07, 6.45) is 3.45. The lowest BCUT2D eigenvalue weighted by molar-refractivity contribution is 0.572. The predicted molar refractivity (Wildman–Crippen MR) is 57.7 cm³/mol. The van der Waals surface area contributed by atoms with Crippen molar-refractivity contribution in [1.82, 2.24) is 9.71 Å². The molecule has 7 heteroatoms. The molecule has 0 fully saturated rings. The van der Waals surface area contributed by atoms with Crippen molar-refractivity contribution >= 4 is 10.0 Å². The van der Waals surface area contributed by atoms with Crippen molar-refractivity contribution in [2.45, 2.75) is 17.7 Å². The van der Waals surface area contributed by atoms with Gasteiger partial charge in [0, 0.05) is 12.7 Å². The highest BCUT2D eigenvalue weighted by Gasteiger charge is 2.14. The van der Waals surface area contributed by atoms with Gasteiger partial charge in [-0.25, -0.2) is 17.5 Å². The number of nitrogens with one attached hydrogen (secondary N) is 1. The third kappa shape index (κ3) is 3.84. The van der Waals surface area contributed by atoms with Gasteiger partial charge < -0.3 is 5.73 Å². The molecule has 0 aliphatic rings. The highest BCUT2D eigenvalue weighted by Crippen LogP contribution is 2.08. The molecule has 0 spiro atoms. The Kier molecular flexibility index (Phi) is 4.78. The number of nitrogens with zero attached hydrogens (tertiary/aromatic N) is 1. The van der Waals surface area contributed by atoms with Crippen LogP contribution in [0, 0.1) is 5.82 Å². The van der Waals surface area contributed by atoms with Crippen molar-refractivity contribution in [2.75, 3.05) is 13.1 Å². The van der Waals surface area contributed by atoms with Crippen molar-refractivity contribution in [2.24, 2.45) is 5.73 Å². The first-order valence-electron chi connectivity index (χ1n) is 4.86. The summed E-state index contributed by atoms with van der Waals surface area (Å²) in [4.78, 5) is 3.31. The summed E-state index contributed by atoms with van der Waals surface area (Å²) in [6, 6.07) is 0.929. The van der Waals surface area contributed by atoms with E-state index in [1.807, 2.05) is 0 Å². The van der Waals surface area contributed by atoms with E-state index < -0.39 is 15.8 Å². The minimum atomic E-state index is -3.66. The molecule has 1 aromatic rings. The lowest BCUT2D eigenvalue weighted by Gasteiger charge is -2.05. The molecule has 3 N–H and O–H groups in total. The molecule has 0 unspecified atom stereocenters. The van der Waals surface area contributed by atoms with Gasteiger partial charge in [0.1, 0.15) is 10.7 Å². The van der Waals surface area contributed by atoms with E-state index in [-0.39, 0.29) is 11.4 Å². The molecule has 16 heavy (non-hydrogen) atoms. The third-order valence-corrected chi connectivity index (χ3v) is 3.34. The molecule has 0 saturated carbocycles. The highest BCUT2D eigenvalue weighted by atomic mass is 32.2. The molecule has 0 aliphatic carbocycles. The van der Waals surface area contributed by atoms with Crippen molar-refractivity contribution < 1.29 is 12.8 Å². The number of unbranched alkanes of at least 4 members (excludes halogenated alkanes) is 1. The number of nitrogens with two attached hydrogens (primary N) is 1. The Labute approximate surface area is 93.9 Å². The van der Waals surface area contributed by atoms with E-state index >= 15 is 0 Å². The SMILES string of the molecule is NCCCCNS(=O)(=O)c1cncc(F)c1. The lowest BCUT2D eigenvalue weighted by atomic mass is 10.3. The highest BCUT2D eigenvalue weighted by molar-refractivity contribution is 7.89.